The number of aromatic nitrogens is 3. The van der Waals surface area contributed by atoms with Crippen LogP contribution >= 0.6 is 23.2 Å². The van der Waals surface area contributed by atoms with Gasteiger partial charge in [-0.05, 0) is 35.5 Å². The smallest absolute Gasteiger partial charge is 0.228 e. The average molecular weight is 261 g/mol. The Balaban J connectivity index is 1.80. The highest BCUT2D eigenvalue weighted by Crippen LogP contribution is 2.27. The molecule has 0 spiro atoms. The highest BCUT2D eigenvalue weighted by Gasteiger charge is 2.14. The molecule has 4 nitrogen and oxygen atoms in total. The number of halogens is 2. The minimum Gasteiger partial charge on any atom is -0.354 e. The van der Waals surface area contributed by atoms with E-state index in [1.165, 1.54) is 25.7 Å². The van der Waals surface area contributed by atoms with Gasteiger partial charge in [0.05, 0.1) is 0 Å². The molecule has 6 heteroatoms. The van der Waals surface area contributed by atoms with E-state index in [4.69, 9.17) is 23.2 Å². The quantitative estimate of drug-likeness (QED) is 0.904. The lowest BCUT2D eigenvalue weighted by atomic mass is 10.0. The molecule has 88 valence electrons. The normalized spacial score (nSPS) is 16.6. The van der Waals surface area contributed by atoms with Crippen LogP contribution in [0.5, 0.6) is 0 Å². The van der Waals surface area contributed by atoms with Crippen molar-refractivity contribution >= 4 is 29.2 Å². The molecule has 0 aromatic carbocycles. The van der Waals surface area contributed by atoms with Crippen LogP contribution in [0.3, 0.4) is 0 Å². The molecule has 1 aliphatic carbocycles. The SMILES string of the molecule is Clc1nc(Cl)nc(NCCC2CCCC2)n1. The minimum atomic E-state index is 0.128. The number of hydrogen-bond acceptors (Lipinski definition) is 4. The van der Waals surface area contributed by atoms with Crippen LogP contribution in [0.1, 0.15) is 32.1 Å². The van der Waals surface area contributed by atoms with Crippen molar-refractivity contribution in [2.45, 2.75) is 32.1 Å². The summed E-state index contributed by atoms with van der Waals surface area (Å²) in [6.07, 6.45) is 6.59. The molecule has 1 aromatic rings. The minimum absolute atomic E-state index is 0.128. The van der Waals surface area contributed by atoms with E-state index in [-0.39, 0.29) is 10.6 Å². The van der Waals surface area contributed by atoms with Gasteiger partial charge in [0.25, 0.3) is 0 Å². The van der Waals surface area contributed by atoms with E-state index >= 15 is 0 Å². The Morgan fingerprint density at radius 3 is 2.31 bits per heavy atom. The predicted octanol–water partition coefficient (Wildman–Crippen LogP) is 3.17. The standard InChI is InChI=1S/C10H14Cl2N4/c11-8-14-9(12)16-10(15-8)13-6-5-7-3-1-2-4-7/h7H,1-6H2,(H,13,14,15,16). The first-order chi connectivity index (χ1) is 7.74. The number of hydrogen-bond donors (Lipinski definition) is 1. The van der Waals surface area contributed by atoms with Gasteiger partial charge in [-0.25, -0.2) is 0 Å². The lowest BCUT2D eigenvalue weighted by molar-refractivity contribution is 0.518. The van der Waals surface area contributed by atoms with Gasteiger partial charge in [-0.1, -0.05) is 25.7 Å². The van der Waals surface area contributed by atoms with Crippen molar-refractivity contribution in [3.63, 3.8) is 0 Å². The van der Waals surface area contributed by atoms with Crippen LogP contribution in [0.4, 0.5) is 5.95 Å². The summed E-state index contributed by atoms with van der Waals surface area (Å²) >= 11 is 11.3. The number of rotatable bonds is 4. The summed E-state index contributed by atoms with van der Waals surface area (Å²) in [4.78, 5) is 11.6. The van der Waals surface area contributed by atoms with Gasteiger partial charge in [0.15, 0.2) is 0 Å². The number of anilines is 1. The zero-order valence-corrected chi connectivity index (χ0v) is 10.4. The van der Waals surface area contributed by atoms with E-state index < -0.39 is 0 Å². The van der Waals surface area contributed by atoms with E-state index in [2.05, 4.69) is 20.3 Å². The van der Waals surface area contributed by atoms with Crippen molar-refractivity contribution < 1.29 is 0 Å². The molecule has 1 fully saturated rings. The van der Waals surface area contributed by atoms with Crippen LogP contribution in [0, 0.1) is 5.92 Å². The molecule has 16 heavy (non-hydrogen) atoms. The molecule has 0 aliphatic heterocycles. The second-order valence-electron chi connectivity index (χ2n) is 4.06. The van der Waals surface area contributed by atoms with Gasteiger partial charge < -0.3 is 5.32 Å². The summed E-state index contributed by atoms with van der Waals surface area (Å²) in [6, 6.07) is 0. The maximum absolute atomic E-state index is 5.67. The van der Waals surface area contributed by atoms with Crippen molar-refractivity contribution in [2.75, 3.05) is 11.9 Å². The van der Waals surface area contributed by atoms with Crippen molar-refractivity contribution in [2.24, 2.45) is 5.92 Å². The second kappa shape index (κ2) is 5.64. The van der Waals surface area contributed by atoms with Gasteiger partial charge in [-0.3, -0.25) is 0 Å². The van der Waals surface area contributed by atoms with Gasteiger partial charge in [0.2, 0.25) is 16.5 Å². The first-order valence-electron chi connectivity index (χ1n) is 5.55. The fourth-order valence-electron chi connectivity index (χ4n) is 2.09. The first kappa shape index (κ1) is 11.9. The fourth-order valence-corrected chi connectivity index (χ4v) is 2.46. The van der Waals surface area contributed by atoms with Crippen molar-refractivity contribution in [1.29, 1.82) is 0 Å². The lowest BCUT2D eigenvalue weighted by Crippen LogP contribution is -2.09. The van der Waals surface area contributed by atoms with Crippen LogP contribution in [0.25, 0.3) is 0 Å². The number of nitrogens with one attached hydrogen (secondary N) is 1. The molecular weight excluding hydrogens is 247 g/mol. The molecule has 2 rings (SSSR count). The summed E-state index contributed by atoms with van der Waals surface area (Å²) in [7, 11) is 0. The molecule has 1 heterocycles. The Bertz CT molecular complexity index is 332. The van der Waals surface area contributed by atoms with Crippen molar-refractivity contribution in [1.82, 2.24) is 15.0 Å². The van der Waals surface area contributed by atoms with E-state index in [9.17, 15) is 0 Å². The third kappa shape index (κ3) is 3.46. The van der Waals surface area contributed by atoms with Gasteiger partial charge in [0.1, 0.15) is 0 Å². The zero-order chi connectivity index (χ0) is 11.4. The molecule has 0 amide bonds. The molecule has 0 radical (unpaired) electrons. The molecule has 1 N–H and O–H groups in total. The Labute approximate surface area is 105 Å². The monoisotopic (exact) mass is 260 g/mol. The Morgan fingerprint density at radius 2 is 1.69 bits per heavy atom. The molecule has 0 atom stereocenters. The number of nitrogens with zero attached hydrogens (tertiary/aromatic N) is 3. The fraction of sp³-hybridized carbons (Fsp3) is 0.700. The van der Waals surface area contributed by atoms with E-state index in [1.807, 2.05) is 0 Å². The summed E-state index contributed by atoms with van der Waals surface area (Å²) in [5, 5.41) is 3.38. The lowest BCUT2D eigenvalue weighted by Gasteiger charge is -2.09. The Hall–Kier alpha value is -0.610. The first-order valence-corrected chi connectivity index (χ1v) is 6.30. The summed E-state index contributed by atoms with van der Waals surface area (Å²) in [5.74, 6) is 1.31. The van der Waals surface area contributed by atoms with Crippen molar-refractivity contribution in [3.05, 3.63) is 10.6 Å². The predicted molar refractivity (Wildman–Crippen MR) is 64.9 cm³/mol. The summed E-state index contributed by atoms with van der Waals surface area (Å²) < 4.78 is 0. The maximum atomic E-state index is 5.67. The molecule has 0 saturated heterocycles. The van der Waals surface area contributed by atoms with E-state index in [1.54, 1.807) is 0 Å². The zero-order valence-electron chi connectivity index (χ0n) is 8.92. The van der Waals surface area contributed by atoms with E-state index in [0.717, 1.165) is 18.9 Å². The third-order valence-corrected chi connectivity index (χ3v) is 3.23. The van der Waals surface area contributed by atoms with Crippen LogP contribution < -0.4 is 5.32 Å². The molecule has 0 unspecified atom stereocenters. The van der Waals surface area contributed by atoms with Crippen LogP contribution in [-0.4, -0.2) is 21.5 Å². The second-order valence-corrected chi connectivity index (χ2v) is 4.74. The largest absolute Gasteiger partial charge is 0.354 e. The van der Waals surface area contributed by atoms with Crippen LogP contribution in [0.2, 0.25) is 10.6 Å². The van der Waals surface area contributed by atoms with Gasteiger partial charge in [-0.15, -0.1) is 0 Å². The van der Waals surface area contributed by atoms with Crippen LogP contribution in [-0.2, 0) is 0 Å². The van der Waals surface area contributed by atoms with Crippen LogP contribution in [0.15, 0.2) is 0 Å². The molecule has 1 aromatic heterocycles. The Morgan fingerprint density at radius 1 is 1.06 bits per heavy atom. The molecule has 1 aliphatic rings. The molecular formula is C10H14Cl2N4. The van der Waals surface area contributed by atoms with Crippen molar-refractivity contribution in [3.8, 4) is 0 Å². The molecule has 0 bridgehead atoms. The highest BCUT2D eigenvalue weighted by molar-refractivity contribution is 6.31. The highest BCUT2D eigenvalue weighted by atomic mass is 35.5. The van der Waals surface area contributed by atoms with Gasteiger partial charge in [-0.2, -0.15) is 15.0 Å². The topological polar surface area (TPSA) is 50.7 Å². The van der Waals surface area contributed by atoms with Gasteiger partial charge in [0, 0.05) is 6.54 Å². The Kier molecular flexibility index (Phi) is 4.18. The van der Waals surface area contributed by atoms with Gasteiger partial charge >= 0.3 is 0 Å². The maximum Gasteiger partial charge on any atom is 0.228 e. The average Bonchev–Trinajstić information content (AvgIpc) is 2.69. The summed E-state index contributed by atoms with van der Waals surface area (Å²) in [5.41, 5.74) is 0. The third-order valence-electron chi connectivity index (χ3n) is 2.89. The summed E-state index contributed by atoms with van der Waals surface area (Å²) in [6.45, 7) is 0.862. The molecule has 1 saturated carbocycles. The van der Waals surface area contributed by atoms with E-state index in [0.29, 0.717) is 5.95 Å².